The molecule has 1 aliphatic rings. The van der Waals surface area contributed by atoms with Crippen LogP contribution in [0.1, 0.15) is 6.92 Å². The Labute approximate surface area is 66.7 Å². The summed E-state index contributed by atoms with van der Waals surface area (Å²) in [7, 11) is 1.64. The highest BCUT2D eigenvalue weighted by molar-refractivity contribution is 5.86. The van der Waals surface area contributed by atoms with E-state index in [0.29, 0.717) is 6.54 Å². The first kappa shape index (κ1) is 8.49. The van der Waals surface area contributed by atoms with Gasteiger partial charge in [-0.3, -0.25) is 4.79 Å². The molecule has 1 atom stereocenters. The number of piperazine rings is 1. The smallest absolute Gasteiger partial charge is 0.242 e. The molecule has 4 nitrogen and oxygen atoms in total. The predicted molar refractivity (Wildman–Crippen MR) is 42.3 cm³/mol. The van der Waals surface area contributed by atoms with Crippen LogP contribution >= 0.6 is 0 Å². The summed E-state index contributed by atoms with van der Waals surface area (Å²) in [6, 6.07) is 0. The van der Waals surface area contributed by atoms with Gasteiger partial charge in [-0.1, -0.05) is 0 Å². The SMILES string of the molecule is CNC(=O)C1(C)CNCC[N]1. The minimum absolute atomic E-state index is 0.00954. The molecule has 0 aromatic rings. The summed E-state index contributed by atoms with van der Waals surface area (Å²) in [5, 5.41) is 10.00. The second-order valence-corrected chi connectivity index (χ2v) is 2.91. The second-order valence-electron chi connectivity index (χ2n) is 2.91. The van der Waals surface area contributed by atoms with Crippen molar-refractivity contribution >= 4 is 5.91 Å². The van der Waals surface area contributed by atoms with Gasteiger partial charge < -0.3 is 10.6 Å². The Kier molecular flexibility index (Phi) is 2.46. The van der Waals surface area contributed by atoms with Crippen molar-refractivity contribution in [3.63, 3.8) is 0 Å². The van der Waals surface area contributed by atoms with Gasteiger partial charge in [0.25, 0.3) is 0 Å². The van der Waals surface area contributed by atoms with Crippen molar-refractivity contribution in [3.05, 3.63) is 0 Å². The monoisotopic (exact) mass is 156 g/mol. The Morgan fingerprint density at radius 1 is 1.73 bits per heavy atom. The molecule has 0 aromatic heterocycles. The standard InChI is InChI=1S/C7H14N3O/c1-7(6(11)8-2)5-9-3-4-10-7/h9H,3-5H2,1-2H3,(H,8,11). The third kappa shape index (κ3) is 1.70. The molecule has 1 unspecified atom stereocenters. The zero-order chi connectivity index (χ0) is 8.32. The summed E-state index contributed by atoms with van der Waals surface area (Å²) in [4.78, 5) is 11.2. The average molecular weight is 156 g/mol. The lowest BCUT2D eigenvalue weighted by Crippen LogP contribution is -2.60. The fourth-order valence-corrected chi connectivity index (χ4v) is 1.19. The van der Waals surface area contributed by atoms with Crippen molar-refractivity contribution < 1.29 is 4.79 Å². The van der Waals surface area contributed by atoms with Crippen molar-refractivity contribution in [1.82, 2.24) is 16.0 Å². The van der Waals surface area contributed by atoms with Gasteiger partial charge in [-0.25, -0.2) is 5.32 Å². The molecule has 1 saturated heterocycles. The summed E-state index contributed by atoms with van der Waals surface area (Å²) in [5.74, 6) is -0.00954. The molecule has 0 saturated carbocycles. The highest BCUT2D eigenvalue weighted by Gasteiger charge is 2.34. The van der Waals surface area contributed by atoms with E-state index in [1.807, 2.05) is 6.92 Å². The lowest BCUT2D eigenvalue weighted by Gasteiger charge is -2.31. The minimum Gasteiger partial charge on any atom is -0.357 e. The molecule has 0 bridgehead atoms. The van der Waals surface area contributed by atoms with Crippen molar-refractivity contribution in [1.29, 1.82) is 0 Å². The number of amides is 1. The van der Waals surface area contributed by atoms with E-state index >= 15 is 0 Å². The molecule has 63 valence electrons. The molecule has 1 rings (SSSR count). The highest BCUT2D eigenvalue weighted by Crippen LogP contribution is 2.06. The van der Waals surface area contributed by atoms with Crippen LogP contribution in [0.25, 0.3) is 0 Å². The van der Waals surface area contributed by atoms with E-state index in [2.05, 4.69) is 16.0 Å². The van der Waals surface area contributed by atoms with Gasteiger partial charge in [-0.15, -0.1) is 0 Å². The molecule has 1 amide bonds. The molecule has 0 aromatic carbocycles. The van der Waals surface area contributed by atoms with Gasteiger partial charge in [-0.2, -0.15) is 0 Å². The maximum atomic E-state index is 11.2. The average Bonchev–Trinajstić information content (AvgIpc) is 2.04. The van der Waals surface area contributed by atoms with Crippen LogP contribution in [0.5, 0.6) is 0 Å². The molecule has 4 heteroatoms. The first-order valence-electron chi connectivity index (χ1n) is 3.80. The van der Waals surface area contributed by atoms with Gasteiger partial charge in [0.1, 0.15) is 5.54 Å². The Balaban J connectivity index is 2.56. The summed E-state index contributed by atoms with van der Waals surface area (Å²) in [6.07, 6.45) is 0. The largest absolute Gasteiger partial charge is 0.357 e. The number of nitrogens with one attached hydrogen (secondary N) is 2. The Morgan fingerprint density at radius 3 is 2.91 bits per heavy atom. The summed E-state index contributed by atoms with van der Waals surface area (Å²) < 4.78 is 0. The number of carbonyl (C=O) groups is 1. The van der Waals surface area contributed by atoms with Gasteiger partial charge in [0.2, 0.25) is 5.91 Å². The van der Waals surface area contributed by atoms with E-state index in [1.54, 1.807) is 7.05 Å². The van der Waals surface area contributed by atoms with E-state index < -0.39 is 5.54 Å². The minimum atomic E-state index is -0.549. The van der Waals surface area contributed by atoms with E-state index in [0.717, 1.165) is 13.1 Å². The van der Waals surface area contributed by atoms with E-state index in [-0.39, 0.29) is 5.91 Å². The number of hydrogen-bond acceptors (Lipinski definition) is 2. The summed E-state index contributed by atoms with van der Waals surface area (Å²) >= 11 is 0. The number of carbonyl (C=O) groups excluding carboxylic acids is 1. The van der Waals surface area contributed by atoms with Crippen LogP contribution < -0.4 is 16.0 Å². The zero-order valence-corrected chi connectivity index (χ0v) is 6.98. The van der Waals surface area contributed by atoms with Crippen molar-refractivity contribution in [2.75, 3.05) is 26.7 Å². The molecule has 0 spiro atoms. The molecule has 11 heavy (non-hydrogen) atoms. The van der Waals surface area contributed by atoms with Crippen LogP contribution in [0.3, 0.4) is 0 Å². The van der Waals surface area contributed by atoms with Crippen LogP contribution in [0, 0.1) is 0 Å². The van der Waals surface area contributed by atoms with Crippen molar-refractivity contribution in [3.8, 4) is 0 Å². The van der Waals surface area contributed by atoms with Crippen LogP contribution in [-0.2, 0) is 4.79 Å². The third-order valence-corrected chi connectivity index (χ3v) is 1.93. The maximum Gasteiger partial charge on any atom is 0.242 e. The zero-order valence-electron chi connectivity index (χ0n) is 6.98. The molecule has 1 aliphatic heterocycles. The van der Waals surface area contributed by atoms with Gasteiger partial charge >= 0.3 is 0 Å². The molecule has 1 fully saturated rings. The number of likely N-dealkylation sites (N-methyl/N-ethyl adjacent to an activating group) is 1. The lowest BCUT2D eigenvalue weighted by molar-refractivity contribution is -0.127. The third-order valence-electron chi connectivity index (χ3n) is 1.93. The van der Waals surface area contributed by atoms with Gasteiger partial charge in [0.05, 0.1) is 0 Å². The Morgan fingerprint density at radius 2 is 2.45 bits per heavy atom. The summed E-state index contributed by atoms with van der Waals surface area (Å²) in [6.45, 7) is 4.10. The fraction of sp³-hybridized carbons (Fsp3) is 0.857. The second kappa shape index (κ2) is 3.19. The van der Waals surface area contributed by atoms with E-state index in [1.165, 1.54) is 0 Å². The Hall–Kier alpha value is -0.610. The van der Waals surface area contributed by atoms with Crippen LogP contribution in [-0.4, -0.2) is 38.1 Å². The number of hydrogen-bond donors (Lipinski definition) is 2. The number of nitrogens with zero attached hydrogens (tertiary/aromatic N) is 1. The summed E-state index contributed by atoms with van der Waals surface area (Å²) in [5.41, 5.74) is -0.549. The number of rotatable bonds is 1. The van der Waals surface area contributed by atoms with Gasteiger partial charge in [0, 0.05) is 26.7 Å². The highest BCUT2D eigenvalue weighted by atomic mass is 16.2. The van der Waals surface area contributed by atoms with E-state index in [9.17, 15) is 4.79 Å². The quantitative estimate of drug-likeness (QED) is 0.496. The molecule has 1 radical (unpaired) electrons. The molecule has 0 aliphatic carbocycles. The topological polar surface area (TPSA) is 55.2 Å². The Bertz CT molecular complexity index is 152. The fourth-order valence-electron chi connectivity index (χ4n) is 1.19. The van der Waals surface area contributed by atoms with Crippen LogP contribution in [0.2, 0.25) is 0 Å². The first-order valence-corrected chi connectivity index (χ1v) is 3.80. The van der Waals surface area contributed by atoms with Crippen LogP contribution in [0.15, 0.2) is 0 Å². The predicted octanol–water partition coefficient (Wildman–Crippen LogP) is -1.30. The molecule has 2 N–H and O–H groups in total. The van der Waals surface area contributed by atoms with Crippen LogP contribution in [0.4, 0.5) is 0 Å². The van der Waals surface area contributed by atoms with E-state index in [4.69, 9.17) is 0 Å². The maximum absolute atomic E-state index is 11.2. The van der Waals surface area contributed by atoms with Gasteiger partial charge in [-0.05, 0) is 6.92 Å². The first-order chi connectivity index (χ1) is 5.19. The molecular weight excluding hydrogens is 142 g/mol. The lowest BCUT2D eigenvalue weighted by atomic mass is 9.99. The molecular formula is C7H14N3O. The van der Waals surface area contributed by atoms with Crippen molar-refractivity contribution in [2.45, 2.75) is 12.5 Å². The van der Waals surface area contributed by atoms with Gasteiger partial charge in [0.15, 0.2) is 0 Å². The molecule has 1 heterocycles. The normalized spacial score (nSPS) is 31.5. The van der Waals surface area contributed by atoms with Crippen molar-refractivity contribution in [2.24, 2.45) is 0 Å².